The number of rotatable bonds is 5. The predicted octanol–water partition coefficient (Wildman–Crippen LogP) is 3.35. The molecule has 0 fully saturated rings. The standard InChI is InChI=1S/C13H17BrO3/c1-13(2,7-12(15)16)11-5-4-10(14)6-9(11)8-17-3/h4-6H,7-8H2,1-3H3,(H,15,16). The molecule has 0 aliphatic heterocycles. The number of carboxylic acids is 1. The summed E-state index contributed by atoms with van der Waals surface area (Å²) < 4.78 is 6.13. The fourth-order valence-electron chi connectivity index (χ4n) is 1.97. The van der Waals surface area contributed by atoms with E-state index in [4.69, 9.17) is 9.84 Å². The van der Waals surface area contributed by atoms with Crippen LogP contribution >= 0.6 is 15.9 Å². The maximum atomic E-state index is 10.9. The monoisotopic (exact) mass is 300 g/mol. The van der Waals surface area contributed by atoms with Crippen LogP contribution in [0, 0.1) is 0 Å². The molecule has 0 saturated heterocycles. The van der Waals surface area contributed by atoms with E-state index in [1.807, 2.05) is 32.0 Å². The Bertz CT molecular complexity index is 413. The third-order valence-corrected chi connectivity index (χ3v) is 3.18. The van der Waals surface area contributed by atoms with Crippen molar-refractivity contribution in [3.8, 4) is 0 Å². The predicted molar refractivity (Wildman–Crippen MR) is 70.1 cm³/mol. The number of benzene rings is 1. The summed E-state index contributed by atoms with van der Waals surface area (Å²) in [5.41, 5.74) is 1.64. The van der Waals surface area contributed by atoms with Crippen molar-refractivity contribution in [1.29, 1.82) is 0 Å². The van der Waals surface area contributed by atoms with E-state index in [0.717, 1.165) is 15.6 Å². The van der Waals surface area contributed by atoms with Gasteiger partial charge in [0.1, 0.15) is 0 Å². The first-order chi connectivity index (χ1) is 7.86. The lowest BCUT2D eigenvalue weighted by Crippen LogP contribution is -2.23. The third kappa shape index (κ3) is 3.82. The van der Waals surface area contributed by atoms with Gasteiger partial charge in [-0.25, -0.2) is 0 Å². The zero-order valence-corrected chi connectivity index (χ0v) is 11.9. The van der Waals surface area contributed by atoms with Crippen molar-refractivity contribution < 1.29 is 14.6 Å². The highest BCUT2D eigenvalue weighted by atomic mass is 79.9. The van der Waals surface area contributed by atoms with E-state index in [0.29, 0.717) is 6.61 Å². The van der Waals surface area contributed by atoms with Crippen LogP contribution in [0.1, 0.15) is 31.4 Å². The first kappa shape index (κ1) is 14.2. The Morgan fingerprint density at radius 1 is 1.47 bits per heavy atom. The van der Waals surface area contributed by atoms with Crippen LogP contribution in [0.25, 0.3) is 0 Å². The SMILES string of the molecule is COCc1cc(Br)ccc1C(C)(C)CC(=O)O. The maximum Gasteiger partial charge on any atom is 0.304 e. The van der Waals surface area contributed by atoms with Crippen LogP contribution in [-0.2, 0) is 21.6 Å². The maximum absolute atomic E-state index is 10.9. The summed E-state index contributed by atoms with van der Waals surface area (Å²) in [5, 5.41) is 8.95. The van der Waals surface area contributed by atoms with Crippen molar-refractivity contribution in [2.75, 3.05) is 7.11 Å². The number of aliphatic carboxylic acids is 1. The van der Waals surface area contributed by atoms with E-state index in [-0.39, 0.29) is 6.42 Å². The average molecular weight is 301 g/mol. The lowest BCUT2D eigenvalue weighted by atomic mass is 9.79. The van der Waals surface area contributed by atoms with Crippen LogP contribution in [0.3, 0.4) is 0 Å². The van der Waals surface area contributed by atoms with Gasteiger partial charge in [0.25, 0.3) is 0 Å². The molecule has 0 saturated carbocycles. The van der Waals surface area contributed by atoms with Crippen LogP contribution in [-0.4, -0.2) is 18.2 Å². The lowest BCUT2D eigenvalue weighted by Gasteiger charge is -2.26. The van der Waals surface area contributed by atoms with Crippen LogP contribution in [0.5, 0.6) is 0 Å². The van der Waals surface area contributed by atoms with Crippen molar-refractivity contribution in [3.05, 3.63) is 33.8 Å². The molecule has 17 heavy (non-hydrogen) atoms. The van der Waals surface area contributed by atoms with Gasteiger partial charge in [-0.15, -0.1) is 0 Å². The molecule has 1 rings (SSSR count). The molecule has 0 aliphatic carbocycles. The van der Waals surface area contributed by atoms with Crippen LogP contribution in [0.2, 0.25) is 0 Å². The molecule has 4 heteroatoms. The molecule has 0 atom stereocenters. The van der Waals surface area contributed by atoms with E-state index in [2.05, 4.69) is 15.9 Å². The van der Waals surface area contributed by atoms with Crippen molar-refractivity contribution in [1.82, 2.24) is 0 Å². The highest BCUT2D eigenvalue weighted by Gasteiger charge is 2.26. The number of carboxylic acid groups (broad SMARTS) is 1. The number of carbonyl (C=O) groups is 1. The summed E-state index contributed by atoms with van der Waals surface area (Å²) in [6.07, 6.45) is 0.103. The Hall–Kier alpha value is -0.870. The molecular formula is C13H17BrO3. The minimum Gasteiger partial charge on any atom is -0.481 e. The molecular weight excluding hydrogens is 284 g/mol. The molecule has 94 valence electrons. The lowest BCUT2D eigenvalue weighted by molar-refractivity contribution is -0.138. The van der Waals surface area contributed by atoms with E-state index >= 15 is 0 Å². The van der Waals surface area contributed by atoms with Crippen molar-refractivity contribution >= 4 is 21.9 Å². The van der Waals surface area contributed by atoms with Gasteiger partial charge in [-0.3, -0.25) is 4.79 Å². The summed E-state index contributed by atoms with van der Waals surface area (Å²) in [5.74, 6) is -0.790. The van der Waals surface area contributed by atoms with Crippen molar-refractivity contribution in [2.24, 2.45) is 0 Å². The fourth-order valence-corrected chi connectivity index (χ4v) is 2.38. The van der Waals surface area contributed by atoms with E-state index in [1.54, 1.807) is 7.11 Å². The Morgan fingerprint density at radius 3 is 2.65 bits per heavy atom. The summed E-state index contributed by atoms with van der Waals surface area (Å²) >= 11 is 3.41. The van der Waals surface area contributed by atoms with Gasteiger partial charge in [-0.05, 0) is 23.3 Å². The van der Waals surface area contributed by atoms with Gasteiger partial charge in [0, 0.05) is 17.0 Å². The molecule has 0 unspecified atom stereocenters. The normalized spacial score (nSPS) is 11.5. The third-order valence-electron chi connectivity index (χ3n) is 2.69. The zero-order valence-electron chi connectivity index (χ0n) is 10.3. The first-order valence-electron chi connectivity index (χ1n) is 5.36. The Morgan fingerprint density at radius 2 is 2.12 bits per heavy atom. The first-order valence-corrected chi connectivity index (χ1v) is 6.16. The number of halogens is 1. The molecule has 0 radical (unpaired) electrons. The molecule has 1 aromatic rings. The summed E-state index contributed by atoms with van der Waals surface area (Å²) in [6.45, 7) is 4.35. The van der Waals surface area contributed by atoms with Crippen molar-refractivity contribution in [3.63, 3.8) is 0 Å². The zero-order chi connectivity index (χ0) is 13.1. The minimum absolute atomic E-state index is 0.103. The average Bonchev–Trinajstić information content (AvgIpc) is 2.15. The molecule has 0 heterocycles. The Kier molecular flexibility index (Phi) is 4.71. The van der Waals surface area contributed by atoms with Crippen LogP contribution in [0.15, 0.2) is 22.7 Å². The van der Waals surface area contributed by atoms with Crippen LogP contribution in [0.4, 0.5) is 0 Å². The number of hydrogen-bond donors (Lipinski definition) is 1. The second kappa shape index (κ2) is 5.65. The molecule has 1 aromatic carbocycles. The second-order valence-corrected chi connectivity index (χ2v) is 5.60. The molecule has 0 aromatic heterocycles. The second-order valence-electron chi connectivity index (χ2n) is 4.69. The molecule has 3 nitrogen and oxygen atoms in total. The van der Waals surface area contributed by atoms with Gasteiger partial charge in [0.2, 0.25) is 0 Å². The van der Waals surface area contributed by atoms with Gasteiger partial charge in [0.05, 0.1) is 13.0 Å². The number of methoxy groups -OCH3 is 1. The molecule has 0 amide bonds. The van der Waals surface area contributed by atoms with E-state index in [1.165, 1.54) is 0 Å². The van der Waals surface area contributed by atoms with Gasteiger partial charge < -0.3 is 9.84 Å². The van der Waals surface area contributed by atoms with Gasteiger partial charge in [-0.1, -0.05) is 35.8 Å². The minimum atomic E-state index is -0.790. The smallest absolute Gasteiger partial charge is 0.304 e. The van der Waals surface area contributed by atoms with Gasteiger partial charge in [-0.2, -0.15) is 0 Å². The van der Waals surface area contributed by atoms with Gasteiger partial charge in [0.15, 0.2) is 0 Å². The summed E-state index contributed by atoms with van der Waals surface area (Å²) in [4.78, 5) is 10.9. The van der Waals surface area contributed by atoms with E-state index in [9.17, 15) is 4.79 Å². The van der Waals surface area contributed by atoms with Crippen molar-refractivity contribution in [2.45, 2.75) is 32.3 Å². The van der Waals surface area contributed by atoms with Gasteiger partial charge >= 0.3 is 5.97 Å². The number of ether oxygens (including phenoxy) is 1. The molecule has 0 spiro atoms. The number of hydrogen-bond acceptors (Lipinski definition) is 2. The highest BCUT2D eigenvalue weighted by molar-refractivity contribution is 9.10. The topological polar surface area (TPSA) is 46.5 Å². The van der Waals surface area contributed by atoms with Crippen LogP contribution < -0.4 is 0 Å². The quantitative estimate of drug-likeness (QED) is 0.907. The molecule has 1 N–H and O–H groups in total. The Balaban J connectivity index is 3.14. The van der Waals surface area contributed by atoms with E-state index < -0.39 is 11.4 Å². The Labute approximate surface area is 110 Å². The fraction of sp³-hybridized carbons (Fsp3) is 0.462. The highest BCUT2D eigenvalue weighted by Crippen LogP contribution is 2.32. The molecule has 0 aliphatic rings. The summed E-state index contributed by atoms with van der Waals surface area (Å²) in [7, 11) is 1.63. The summed E-state index contributed by atoms with van der Waals surface area (Å²) in [6, 6.07) is 5.86. The largest absolute Gasteiger partial charge is 0.481 e. The molecule has 0 bridgehead atoms.